The van der Waals surface area contributed by atoms with Crippen LogP contribution in [-0.4, -0.2) is 21.0 Å². The van der Waals surface area contributed by atoms with Gasteiger partial charge in [-0.15, -0.1) is 0 Å². The van der Waals surface area contributed by atoms with Gasteiger partial charge < -0.3 is 4.18 Å². The molecule has 0 aliphatic rings. The van der Waals surface area contributed by atoms with E-state index in [4.69, 9.17) is 11.6 Å². The third-order valence-corrected chi connectivity index (χ3v) is 2.29. The number of benzene rings is 1. The van der Waals surface area contributed by atoms with E-state index in [2.05, 4.69) is 4.18 Å². The Kier molecular flexibility index (Phi) is 4.09. The zero-order valence-corrected chi connectivity index (χ0v) is 9.96. The van der Waals surface area contributed by atoms with Crippen LogP contribution in [0, 0.1) is 0 Å². The molecule has 0 unspecified atom stereocenters. The zero-order valence-electron chi connectivity index (χ0n) is 8.38. The highest BCUT2D eigenvalue weighted by molar-refractivity contribution is 7.86. The Bertz CT molecular complexity index is 502. The van der Waals surface area contributed by atoms with E-state index in [9.17, 15) is 13.2 Å². The number of aldehydes is 1. The highest BCUT2D eigenvalue weighted by Gasteiger charge is 2.06. The summed E-state index contributed by atoms with van der Waals surface area (Å²) in [5, 5.41) is 0.550. The molecule has 0 heterocycles. The van der Waals surface area contributed by atoms with E-state index >= 15 is 0 Å². The normalized spacial score (nSPS) is 12.2. The fourth-order valence-corrected chi connectivity index (χ4v) is 1.54. The summed E-state index contributed by atoms with van der Waals surface area (Å²) in [5.41, 5.74) is 0.621. The predicted octanol–water partition coefficient (Wildman–Crippen LogP) is 1.86. The average Bonchev–Trinajstić information content (AvgIpc) is 2.18. The maximum Gasteiger partial charge on any atom is 0.306 e. The van der Waals surface area contributed by atoms with Gasteiger partial charge in [0, 0.05) is 5.02 Å². The molecule has 0 N–H and O–H groups in total. The number of allylic oxidation sites excluding steroid dienone is 1. The molecule has 0 spiro atoms. The van der Waals surface area contributed by atoms with Gasteiger partial charge in [-0.1, -0.05) is 23.7 Å². The summed E-state index contributed by atoms with van der Waals surface area (Å²) >= 11 is 5.67. The lowest BCUT2D eigenvalue weighted by molar-refractivity contribution is -0.106. The Morgan fingerprint density at radius 2 is 1.88 bits per heavy atom. The number of hydrogen-bond donors (Lipinski definition) is 0. The lowest BCUT2D eigenvalue weighted by atomic mass is 10.2. The maximum absolute atomic E-state index is 10.8. The molecule has 6 heteroatoms. The quantitative estimate of drug-likeness (QED) is 0.359. The number of carbonyl (C=O) groups is 1. The molecule has 86 valence electrons. The topological polar surface area (TPSA) is 60.4 Å². The number of hydrogen-bond acceptors (Lipinski definition) is 4. The fourth-order valence-electron chi connectivity index (χ4n) is 0.976. The van der Waals surface area contributed by atoms with E-state index in [1.54, 1.807) is 24.3 Å². The van der Waals surface area contributed by atoms with Gasteiger partial charge in [-0.2, -0.15) is 8.42 Å². The minimum Gasteiger partial charge on any atom is -0.379 e. The molecule has 1 aromatic rings. The van der Waals surface area contributed by atoms with E-state index in [0.29, 0.717) is 16.9 Å². The van der Waals surface area contributed by atoms with Crippen LogP contribution in [0.15, 0.2) is 30.0 Å². The Balaban J connectivity index is 2.96. The highest BCUT2D eigenvalue weighted by Crippen LogP contribution is 2.13. The second-order valence-corrected chi connectivity index (χ2v) is 5.01. The van der Waals surface area contributed by atoms with E-state index in [-0.39, 0.29) is 5.76 Å². The van der Waals surface area contributed by atoms with Crippen LogP contribution in [0.4, 0.5) is 0 Å². The number of halogens is 1. The molecule has 0 aliphatic heterocycles. The third kappa shape index (κ3) is 4.46. The number of rotatable bonds is 4. The van der Waals surface area contributed by atoms with Gasteiger partial charge in [0.05, 0.1) is 6.26 Å². The van der Waals surface area contributed by atoms with Gasteiger partial charge in [0.25, 0.3) is 0 Å². The van der Waals surface area contributed by atoms with Crippen molar-refractivity contribution >= 4 is 34.1 Å². The van der Waals surface area contributed by atoms with Gasteiger partial charge in [0.15, 0.2) is 12.0 Å². The Hall–Kier alpha value is -1.33. The van der Waals surface area contributed by atoms with Crippen molar-refractivity contribution in [3.63, 3.8) is 0 Å². The van der Waals surface area contributed by atoms with Crippen LogP contribution in [0.5, 0.6) is 0 Å². The Labute approximate surface area is 98.6 Å². The largest absolute Gasteiger partial charge is 0.379 e. The predicted molar refractivity (Wildman–Crippen MR) is 61.4 cm³/mol. The SMILES string of the molecule is CS(=O)(=O)O/C(C=O)=C\c1ccc(Cl)cc1. The van der Waals surface area contributed by atoms with Crippen molar-refractivity contribution in [1.29, 1.82) is 0 Å². The second-order valence-electron chi connectivity index (χ2n) is 3.00. The van der Waals surface area contributed by atoms with Crippen molar-refractivity contribution in [2.45, 2.75) is 0 Å². The zero-order chi connectivity index (χ0) is 12.2. The minimum absolute atomic E-state index is 0.273. The van der Waals surface area contributed by atoms with Crippen LogP contribution in [0.2, 0.25) is 5.02 Å². The summed E-state index contributed by atoms with van der Waals surface area (Å²) in [6.07, 6.45) is 2.51. The Morgan fingerprint density at radius 1 is 1.31 bits per heavy atom. The van der Waals surface area contributed by atoms with E-state index in [1.807, 2.05) is 0 Å². The molecule has 0 aliphatic carbocycles. The van der Waals surface area contributed by atoms with Gasteiger partial charge in [-0.25, -0.2) is 0 Å². The van der Waals surface area contributed by atoms with E-state index in [1.165, 1.54) is 6.08 Å². The van der Waals surface area contributed by atoms with Crippen molar-refractivity contribution < 1.29 is 17.4 Å². The third-order valence-electron chi connectivity index (χ3n) is 1.54. The van der Waals surface area contributed by atoms with E-state index in [0.717, 1.165) is 6.26 Å². The molecule has 0 saturated heterocycles. The monoisotopic (exact) mass is 260 g/mol. The van der Waals surface area contributed by atoms with E-state index < -0.39 is 10.1 Å². The first kappa shape index (κ1) is 12.7. The summed E-state index contributed by atoms with van der Waals surface area (Å²) < 4.78 is 26.1. The van der Waals surface area contributed by atoms with Crippen LogP contribution in [0.3, 0.4) is 0 Å². The van der Waals surface area contributed by atoms with Gasteiger partial charge >= 0.3 is 10.1 Å². The van der Waals surface area contributed by atoms with Gasteiger partial charge in [0.1, 0.15) is 0 Å². The molecule has 0 bridgehead atoms. The van der Waals surface area contributed by atoms with Crippen LogP contribution in [-0.2, 0) is 19.1 Å². The molecule has 16 heavy (non-hydrogen) atoms. The van der Waals surface area contributed by atoms with Crippen molar-refractivity contribution in [3.05, 3.63) is 40.6 Å². The van der Waals surface area contributed by atoms with Crippen LogP contribution in [0.25, 0.3) is 6.08 Å². The van der Waals surface area contributed by atoms with Crippen molar-refractivity contribution in [1.82, 2.24) is 0 Å². The fraction of sp³-hybridized carbons (Fsp3) is 0.100. The molecular weight excluding hydrogens is 252 g/mol. The van der Waals surface area contributed by atoms with Gasteiger partial charge in [-0.05, 0) is 23.8 Å². The smallest absolute Gasteiger partial charge is 0.306 e. The highest BCUT2D eigenvalue weighted by atomic mass is 35.5. The first-order chi connectivity index (χ1) is 7.40. The first-order valence-corrected chi connectivity index (χ1v) is 6.42. The van der Waals surface area contributed by atoms with Crippen LogP contribution in [0.1, 0.15) is 5.56 Å². The average molecular weight is 261 g/mol. The molecule has 0 saturated carbocycles. The van der Waals surface area contributed by atoms with Crippen molar-refractivity contribution in [2.75, 3.05) is 6.26 Å². The van der Waals surface area contributed by atoms with Crippen molar-refractivity contribution in [3.8, 4) is 0 Å². The lowest BCUT2D eigenvalue weighted by Crippen LogP contribution is -2.03. The summed E-state index contributed by atoms with van der Waals surface area (Å²) in [6.45, 7) is 0. The molecule has 0 atom stereocenters. The van der Waals surface area contributed by atoms with Crippen molar-refractivity contribution in [2.24, 2.45) is 0 Å². The van der Waals surface area contributed by atoms with Crippen LogP contribution >= 0.6 is 11.6 Å². The molecule has 0 radical (unpaired) electrons. The minimum atomic E-state index is -3.69. The summed E-state index contributed by atoms with van der Waals surface area (Å²) in [7, 11) is -3.69. The van der Waals surface area contributed by atoms with Crippen LogP contribution < -0.4 is 0 Å². The molecule has 0 fully saturated rings. The molecule has 0 aromatic heterocycles. The Morgan fingerprint density at radius 3 is 2.31 bits per heavy atom. The molecule has 0 amide bonds. The van der Waals surface area contributed by atoms with Gasteiger partial charge in [-0.3, -0.25) is 4.79 Å². The summed E-state index contributed by atoms with van der Waals surface area (Å²) in [5.74, 6) is -0.273. The second kappa shape index (κ2) is 5.14. The molecule has 1 rings (SSSR count). The summed E-state index contributed by atoms with van der Waals surface area (Å²) in [6, 6.07) is 6.52. The number of carbonyl (C=O) groups excluding carboxylic acids is 1. The standard InChI is InChI=1S/C10H9ClO4S/c1-16(13,14)15-10(7-12)6-8-2-4-9(11)5-3-8/h2-7H,1H3/b10-6-. The van der Waals surface area contributed by atoms with Gasteiger partial charge in [0.2, 0.25) is 0 Å². The maximum atomic E-state index is 10.8. The summed E-state index contributed by atoms with van der Waals surface area (Å²) in [4.78, 5) is 10.6. The first-order valence-electron chi connectivity index (χ1n) is 4.22. The molecule has 1 aromatic carbocycles. The lowest BCUT2D eigenvalue weighted by Gasteiger charge is -2.01. The molecule has 4 nitrogen and oxygen atoms in total. The molecular formula is C10H9ClO4S.